The topological polar surface area (TPSA) is 89.0 Å². The molecular formula is C14H18N2O5. The van der Waals surface area contributed by atoms with Crippen LogP contribution in [0.25, 0.3) is 0 Å². The third kappa shape index (κ3) is 3.30. The molecule has 0 aliphatic carbocycles. The summed E-state index contributed by atoms with van der Waals surface area (Å²) in [7, 11) is 2.73. The van der Waals surface area contributed by atoms with Gasteiger partial charge < -0.3 is 19.5 Å². The van der Waals surface area contributed by atoms with Crippen molar-refractivity contribution >= 4 is 11.9 Å². The van der Waals surface area contributed by atoms with E-state index in [1.807, 2.05) is 0 Å². The van der Waals surface area contributed by atoms with Crippen LogP contribution in [0.5, 0.6) is 5.88 Å². The van der Waals surface area contributed by atoms with Gasteiger partial charge in [0.25, 0.3) is 5.91 Å². The first-order valence-electron chi connectivity index (χ1n) is 6.63. The second-order valence-corrected chi connectivity index (χ2v) is 4.80. The SMILES string of the molecule is COC(=O)[C@@H]1C[C@H](O)CCN1C(=O)c1ccnc(OC)c1. The first kappa shape index (κ1) is 15.2. The number of piperidine rings is 1. The third-order valence-electron chi connectivity index (χ3n) is 3.50. The Balaban J connectivity index is 2.24. The van der Waals surface area contributed by atoms with Crippen LogP contribution in [-0.4, -0.2) is 59.8 Å². The van der Waals surface area contributed by atoms with Gasteiger partial charge >= 0.3 is 5.97 Å². The molecule has 21 heavy (non-hydrogen) atoms. The molecule has 0 unspecified atom stereocenters. The minimum Gasteiger partial charge on any atom is -0.481 e. The Morgan fingerprint density at radius 3 is 2.86 bits per heavy atom. The zero-order valence-corrected chi connectivity index (χ0v) is 12.0. The molecule has 1 aliphatic heterocycles. The van der Waals surface area contributed by atoms with Crippen LogP contribution in [-0.2, 0) is 9.53 Å². The first-order chi connectivity index (χ1) is 10.1. The largest absolute Gasteiger partial charge is 0.481 e. The summed E-state index contributed by atoms with van der Waals surface area (Å²) in [6.07, 6.45) is 1.48. The van der Waals surface area contributed by atoms with Gasteiger partial charge in [-0.15, -0.1) is 0 Å². The summed E-state index contributed by atoms with van der Waals surface area (Å²) in [5.74, 6) is -0.506. The van der Waals surface area contributed by atoms with Crippen molar-refractivity contribution in [3.05, 3.63) is 23.9 Å². The van der Waals surface area contributed by atoms with Gasteiger partial charge in [-0.3, -0.25) is 4.79 Å². The molecule has 1 fully saturated rings. The Bertz CT molecular complexity index is 534. The van der Waals surface area contributed by atoms with Crippen molar-refractivity contribution in [2.75, 3.05) is 20.8 Å². The monoisotopic (exact) mass is 294 g/mol. The number of amides is 1. The summed E-state index contributed by atoms with van der Waals surface area (Å²) in [6.45, 7) is 0.296. The predicted molar refractivity (Wildman–Crippen MR) is 72.9 cm³/mol. The van der Waals surface area contributed by atoms with Gasteiger partial charge in [0.15, 0.2) is 0 Å². The number of ether oxygens (including phenoxy) is 2. The van der Waals surface area contributed by atoms with Crippen molar-refractivity contribution in [1.29, 1.82) is 0 Å². The van der Waals surface area contributed by atoms with Gasteiger partial charge in [-0.05, 0) is 12.5 Å². The van der Waals surface area contributed by atoms with Crippen LogP contribution in [0.2, 0.25) is 0 Å². The number of esters is 1. The standard InChI is InChI=1S/C14H18N2O5/c1-20-12-7-9(3-5-15-12)13(18)16-6-4-10(17)8-11(16)14(19)21-2/h3,5,7,10-11,17H,4,6,8H2,1-2H3/t10-,11+/m1/s1. The van der Waals surface area contributed by atoms with Gasteiger partial charge in [0.2, 0.25) is 5.88 Å². The van der Waals surface area contributed by atoms with E-state index in [1.165, 1.54) is 31.4 Å². The van der Waals surface area contributed by atoms with Crippen molar-refractivity contribution < 1.29 is 24.2 Å². The molecule has 1 saturated heterocycles. The van der Waals surface area contributed by atoms with Crippen molar-refractivity contribution in [3.8, 4) is 5.88 Å². The Kier molecular flexibility index (Phi) is 4.74. The van der Waals surface area contributed by atoms with Crippen LogP contribution >= 0.6 is 0 Å². The summed E-state index contributed by atoms with van der Waals surface area (Å²) >= 11 is 0. The van der Waals surface area contributed by atoms with Crippen molar-refractivity contribution in [3.63, 3.8) is 0 Å². The molecule has 7 heteroatoms. The normalized spacial score (nSPS) is 21.8. The predicted octanol–water partition coefficient (Wildman–Crippen LogP) is 0.229. The van der Waals surface area contributed by atoms with E-state index < -0.39 is 18.1 Å². The molecule has 7 nitrogen and oxygen atoms in total. The maximum atomic E-state index is 12.6. The number of aliphatic hydroxyl groups excluding tert-OH is 1. The summed E-state index contributed by atoms with van der Waals surface area (Å²) in [5, 5.41) is 9.70. The van der Waals surface area contributed by atoms with E-state index in [-0.39, 0.29) is 12.3 Å². The van der Waals surface area contributed by atoms with E-state index in [1.54, 1.807) is 6.07 Å². The molecule has 2 atom stereocenters. The highest BCUT2D eigenvalue weighted by Crippen LogP contribution is 2.22. The highest BCUT2D eigenvalue weighted by atomic mass is 16.5. The van der Waals surface area contributed by atoms with E-state index in [9.17, 15) is 14.7 Å². The number of rotatable bonds is 3. The Morgan fingerprint density at radius 2 is 2.19 bits per heavy atom. The number of hydrogen-bond donors (Lipinski definition) is 1. The van der Waals surface area contributed by atoms with Crippen LogP contribution in [0.4, 0.5) is 0 Å². The number of carbonyl (C=O) groups is 2. The summed E-state index contributed by atoms with van der Waals surface area (Å²) in [4.78, 5) is 29.7. The van der Waals surface area contributed by atoms with E-state index in [0.29, 0.717) is 24.4 Å². The number of methoxy groups -OCH3 is 2. The average molecular weight is 294 g/mol. The lowest BCUT2D eigenvalue weighted by Crippen LogP contribution is -2.51. The molecule has 1 aromatic heterocycles. The van der Waals surface area contributed by atoms with E-state index in [0.717, 1.165) is 0 Å². The van der Waals surface area contributed by atoms with Crippen LogP contribution in [0.1, 0.15) is 23.2 Å². The second-order valence-electron chi connectivity index (χ2n) is 4.80. The minimum atomic E-state index is -0.773. The van der Waals surface area contributed by atoms with Crippen LogP contribution in [0.15, 0.2) is 18.3 Å². The van der Waals surface area contributed by atoms with Crippen LogP contribution < -0.4 is 4.74 Å². The molecule has 1 aromatic rings. The molecule has 1 amide bonds. The number of aromatic nitrogens is 1. The van der Waals surface area contributed by atoms with Crippen molar-refractivity contribution in [1.82, 2.24) is 9.88 Å². The van der Waals surface area contributed by atoms with E-state index in [2.05, 4.69) is 4.98 Å². The Labute approximate surface area is 122 Å². The molecule has 0 radical (unpaired) electrons. The number of pyridine rings is 1. The second kappa shape index (κ2) is 6.53. The Hall–Kier alpha value is -2.15. The fourth-order valence-electron chi connectivity index (χ4n) is 2.37. The van der Waals surface area contributed by atoms with Crippen molar-refractivity contribution in [2.24, 2.45) is 0 Å². The van der Waals surface area contributed by atoms with Crippen LogP contribution in [0, 0.1) is 0 Å². The quantitative estimate of drug-likeness (QED) is 0.803. The van der Waals surface area contributed by atoms with E-state index in [4.69, 9.17) is 9.47 Å². The average Bonchev–Trinajstić information content (AvgIpc) is 2.53. The fraction of sp³-hybridized carbons (Fsp3) is 0.500. The molecule has 114 valence electrons. The van der Waals surface area contributed by atoms with Crippen molar-refractivity contribution in [2.45, 2.75) is 25.0 Å². The Morgan fingerprint density at radius 1 is 1.43 bits per heavy atom. The fourth-order valence-corrected chi connectivity index (χ4v) is 2.37. The van der Waals surface area contributed by atoms with E-state index >= 15 is 0 Å². The van der Waals surface area contributed by atoms with Gasteiger partial charge in [-0.1, -0.05) is 0 Å². The minimum absolute atomic E-state index is 0.181. The zero-order valence-electron chi connectivity index (χ0n) is 12.0. The zero-order chi connectivity index (χ0) is 15.4. The highest BCUT2D eigenvalue weighted by Gasteiger charge is 2.36. The number of aliphatic hydroxyl groups is 1. The molecule has 1 N–H and O–H groups in total. The molecular weight excluding hydrogens is 276 g/mol. The lowest BCUT2D eigenvalue weighted by Gasteiger charge is -2.36. The number of nitrogens with zero attached hydrogens (tertiary/aromatic N) is 2. The molecule has 0 bridgehead atoms. The molecule has 2 rings (SSSR count). The molecule has 0 saturated carbocycles. The smallest absolute Gasteiger partial charge is 0.328 e. The number of likely N-dealkylation sites (tertiary alicyclic amines) is 1. The lowest BCUT2D eigenvalue weighted by molar-refractivity contribution is -0.148. The van der Waals surface area contributed by atoms with Gasteiger partial charge in [0.1, 0.15) is 6.04 Å². The summed E-state index contributed by atoms with van der Waals surface area (Å²) in [6, 6.07) is 2.30. The van der Waals surface area contributed by atoms with Gasteiger partial charge in [-0.2, -0.15) is 0 Å². The molecule has 1 aliphatic rings. The first-order valence-corrected chi connectivity index (χ1v) is 6.63. The number of carbonyl (C=O) groups excluding carboxylic acids is 2. The van der Waals surface area contributed by atoms with Gasteiger partial charge in [0.05, 0.1) is 20.3 Å². The van der Waals surface area contributed by atoms with Gasteiger partial charge in [-0.25, -0.2) is 9.78 Å². The summed E-state index contributed by atoms with van der Waals surface area (Å²) < 4.78 is 9.71. The third-order valence-corrected chi connectivity index (χ3v) is 3.50. The lowest BCUT2D eigenvalue weighted by atomic mass is 9.98. The van der Waals surface area contributed by atoms with Gasteiger partial charge in [0, 0.05) is 30.8 Å². The highest BCUT2D eigenvalue weighted by molar-refractivity contribution is 5.97. The maximum Gasteiger partial charge on any atom is 0.328 e. The summed E-state index contributed by atoms with van der Waals surface area (Å²) in [5.41, 5.74) is 0.382. The van der Waals surface area contributed by atoms with Crippen LogP contribution in [0.3, 0.4) is 0 Å². The molecule has 0 spiro atoms. The number of hydrogen-bond acceptors (Lipinski definition) is 6. The molecule has 0 aromatic carbocycles. The maximum absolute atomic E-state index is 12.6. The molecule has 2 heterocycles.